The number of nitrogens with zero attached hydrogens (tertiary/aromatic N) is 4. The molecule has 0 aliphatic heterocycles. The number of pyridine rings is 4. The molecule has 0 aliphatic rings. The Morgan fingerprint density at radius 3 is 2.56 bits per heavy atom. The number of hydrogen-bond donors (Lipinski definition) is 0. The molecule has 0 fully saturated rings. The Labute approximate surface area is 204 Å². The van der Waals surface area contributed by atoms with Gasteiger partial charge in [-0.25, -0.2) is 9.97 Å². The van der Waals surface area contributed by atoms with Gasteiger partial charge in [-0.3, -0.25) is 4.79 Å². The summed E-state index contributed by atoms with van der Waals surface area (Å²) in [6, 6.07) is 10.1. The van der Waals surface area contributed by atoms with E-state index in [-0.39, 0.29) is 33.9 Å². The first-order valence-electron chi connectivity index (χ1n) is 10.4. The van der Waals surface area contributed by atoms with Crippen molar-refractivity contribution in [1.29, 1.82) is 0 Å². The van der Waals surface area contributed by atoms with Crippen molar-refractivity contribution in [2.45, 2.75) is 30.5 Å². The molecule has 4 aromatic rings. The summed E-state index contributed by atoms with van der Waals surface area (Å²) < 4.78 is 72.1. The third-order valence-corrected chi connectivity index (χ3v) is 5.93. The van der Waals surface area contributed by atoms with Gasteiger partial charge < -0.3 is 14.5 Å². The fourth-order valence-electron chi connectivity index (χ4n) is 3.39. The summed E-state index contributed by atoms with van der Waals surface area (Å²) in [6.07, 6.45) is -2.14. The second-order valence-electron chi connectivity index (χ2n) is 7.51. The quantitative estimate of drug-likeness (QED) is 0.143. The van der Waals surface area contributed by atoms with Gasteiger partial charge in [0.2, 0.25) is 12.1 Å². The lowest BCUT2D eigenvalue weighted by atomic mass is 10.1. The van der Waals surface area contributed by atoms with E-state index in [1.54, 1.807) is 24.3 Å². The van der Waals surface area contributed by atoms with Crippen molar-refractivity contribution in [2.24, 2.45) is 0 Å². The summed E-state index contributed by atoms with van der Waals surface area (Å²) >= 11 is 1.32. The molecule has 4 heterocycles. The smallest absolute Gasteiger partial charge is 0.455 e. The summed E-state index contributed by atoms with van der Waals surface area (Å²) in [7, 11) is 0. The molecule has 188 valence electrons. The Morgan fingerprint density at radius 1 is 1.11 bits per heavy atom. The molecule has 0 unspecified atom stereocenters. The van der Waals surface area contributed by atoms with Crippen LogP contribution in [0.1, 0.15) is 6.92 Å². The molecule has 0 N–H and O–H groups in total. The zero-order valence-electron chi connectivity index (χ0n) is 18.5. The number of halogens is 5. The highest BCUT2D eigenvalue weighted by Gasteiger charge is 2.57. The molecule has 0 radical (unpaired) electrons. The van der Waals surface area contributed by atoms with Crippen LogP contribution in [-0.4, -0.2) is 32.4 Å². The molecule has 0 saturated carbocycles. The first-order valence-corrected chi connectivity index (χ1v) is 11.4. The van der Waals surface area contributed by atoms with Gasteiger partial charge in [0, 0.05) is 29.8 Å². The van der Waals surface area contributed by atoms with Crippen LogP contribution in [0.25, 0.3) is 22.3 Å². The van der Waals surface area contributed by atoms with Gasteiger partial charge in [-0.15, -0.1) is 11.8 Å². The molecule has 0 saturated heterocycles. The summed E-state index contributed by atoms with van der Waals surface area (Å²) in [5.74, 6) is -4.06. The molecule has 0 spiro atoms. The van der Waals surface area contributed by atoms with E-state index in [2.05, 4.69) is 9.97 Å². The molecular weight excluding hydrogens is 507 g/mol. The highest BCUT2D eigenvalue weighted by molar-refractivity contribution is 7.99. The fourth-order valence-corrected chi connectivity index (χ4v) is 4.23. The Bertz CT molecular complexity index is 1460. The highest BCUT2D eigenvalue weighted by Crippen LogP contribution is 2.37. The van der Waals surface area contributed by atoms with Crippen LogP contribution in [0.2, 0.25) is 0 Å². The van der Waals surface area contributed by atoms with Crippen molar-refractivity contribution in [3.8, 4) is 23.0 Å². The van der Waals surface area contributed by atoms with Crippen molar-refractivity contribution < 1.29 is 31.4 Å². The number of hydrogen-bond acceptors (Lipinski definition) is 6. The van der Waals surface area contributed by atoms with Crippen molar-refractivity contribution in [1.82, 2.24) is 14.5 Å². The first-order chi connectivity index (χ1) is 17.0. The largest absolute Gasteiger partial charge is 0.618 e. The number of aromatic nitrogens is 4. The van der Waals surface area contributed by atoms with Crippen LogP contribution in [-0.2, 0) is 6.54 Å². The summed E-state index contributed by atoms with van der Waals surface area (Å²) in [4.78, 5) is 20.8. The Balaban J connectivity index is 1.78. The van der Waals surface area contributed by atoms with Gasteiger partial charge in [0.1, 0.15) is 5.69 Å². The molecule has 36 heavy (non-hydrogen) atoms. The zero-order chi connectivity index (χ0) is 26.1. The molecule has 4 aromatic heterocycles. The maximum absolute atomic E-state index is 13.7. The SMILES string of the molecule is CCSc1cc(Oc2ccccn2)c[n+]([O-])c1-c1cc2ccc(=O)n(CC(F)(F)C(F)(F)F)c2cn1. The van der Waals surface area contributed by atoms with E-state index in [0.29, 0.717) is 19.9 Å². The molecule has 13 heteroatoms. The minimum absolute atomic E-state index is 0.121. The third-order valence-electron chi connectivity index (χ3n) is 5.02. The van der Waals surface area contributed by atoms with Gasteiger partial charge in [0.15, 0.2) is 5.75 Å². The first kappa shape index (κ1) is 25.4. The normalized spacial score (nSPS) is 12.2. The topological polar surface area (TPSA) is 84.0 Å². The average molecular weight is 524 g/mol. The number of rotatable bonds is 7. The van der Waals surface area contributed by atoms with Crippen molar-refractivity contribution in [3.05, 3.63) is 76.6 Å². The third kappa shape index (κ3) is 5.10. The van der Waals surface area contributed by atoms with E-state index in [1.165, 1.54) is 36.3 Å². The molecule has 0 aliphatic carbocycles. The van der Waals surface area contributed by atoms with Crippen LogP contribution >= 0.6 is 11.8 Å². The van der Waals surface area contributed by atoms with Crippen LogP contribution in [0.3, 0.4) is 0 Å². The minimum atomic E-state index is -5.83. The van der Waals surface area contributed by atoms with Gasteiger partial charge in [0.25, 0.3) is 11.3 Å². The number of ether oxygens (including phenoxy) is 1. The Morgan fingerprint density at radius 2 is 1.89 bits per heavy atom. The number of thioether (sulfide) groups is 1. The number of alkyl halides is 5. The van der Waals surface area contributed by atoms with Crippen LogP contribution in [0, 0.1) is 5.21 Å². The molecule has 7 nitrogen and oxygen atoms in total. The predicted molar refractivity (Wildman–Crippen MR) is 122 cm³/mol. The lowest BCUT2D eigenvalue weighted by molar-refractivity contribution is -0.596. The lowest BCUT2D eigenvalue weighted by Crippen LogP contribution is -2.42. The van der Waals surface area contributed by atoms with Crippen LogP contribution < -0.4 is 15.0 Å². The molecule has 0 amide bonds. The van der Waals surface area contributed by atoms with E-state index < -0.39 is 24.2 Å². The van der Waals surface area contributed by atoms with Crippen molar-refractivity contribution in [2.75, 3.05) is 5.75 Å². The predicted octanol–water partition coefficient (Wildman–Crippen LogP) is 5.19. The zero-order valence-corrected chi connectivity index (χ0v) is 19.3. The van der Waals surface area contributed by atoms with E-state index in [1.807, 2.05) is 6.92 Å². The second-order valence-corrected chi connectivity index (χ2v) is 8.81. The minimum Gasteiger partial charge on any atom is -0.618 e. The van der Waals surface area contributed by atoms with Crippen LogP contribution in [0.15, 0.2) is 70.7 Å². The van der Waals surface area contributed by atoms with Gasteiger partial charge >= 0.3 is 12.1 Å². The summed E-state index contributed by atoms with van der Waals surface area (Å²) in [5.41, 5.74) is -1.02. The van der Waals surface area contributed by atoms with Gasteiger partial charge in [0.05, 0.1) is 23.2 Å². The second kappa shape index (κ2) is 9.72. The fraction of sp³-hybridized carbons (Fsp3) is 0.217. The van der Waals surface area contributed by atoms with Gasteiger partial charge in [-0.1, -0.05) is 13.0 Å². The Hall–Kier alpha value is -3.74. The Kier molecular flexibility index (Phi) is 6.85. The average Bonchev–Trinajstić information content (AvgIpc) is 2.81. The number of fused-ring (bicyclic) bond motifs is 1. The molecule has 0 atom stereocenters. The van der Waals surface area contributed by atoms with Crippen molar-refractivity contribution >= 4 is 22.7 Å². The van der Waals surface area contributed by atoms with Crippen LogP contribution in [0.5, 0.6) is 11.6 Å². The standard InChI is InChI=1S/C23H17F5N4O3S/c1-2-36-18-10-15(35-19-5-3-4-8-29-19)12-32(34)21(18)16-9-14-6-7-20(33)31(17(14)11-30-16)13-22(24,25)23(26,27)28/h3-12H,2,13H2,1H3. The van der Waals surface area contributed by atoms with E-state index in [9.17, 15) is 32.0 Å². The molecule has 0 aromatic carbocycles. The summed E-state index contributed by atoms with van der Waals surface area (Å²) in [5, 5.41) is 13.1. The maximum Gasteiger partial charge on any atom is 0.455 e. The van der Waals surface area contributed by atoms with E-state index >= 15 is 0 Å². The summed E-state index contributed by atoms with van der Waals surface area (Å²) in [6.45, 7) is -0.0328. The van der Waals surface area contributed by atoms with E-state index in [4.69, 9.17) is 4.74 Å². The van der Waals surface area contributed by atoms with E-state index in [0.717, 1.165) is 12.3 Å². The van der Waals surface area contributed by atoms with Crippen molar-refractivity contribution in [3.63, 3.8) is 0 Å². The maximum atomic E-state index is 13.7. The molecule has 4 rings (SSSR count). The van der Waals surface area contributed by atoms with Gasteiger partial charge in [-0.2, -0.15) is 26.7 Å². The monoisotopic (exact) mass is 524 g/mol. The lowest BCUT2D eigenvalue weighted by Gasteiger charge is -2.21. The van der Waals surface area contributed by atoms with Crippen LogP contribution in [0.4, 0.5) is 22.0 Å². The highest BCUT2D eigenvalue weighted by atomic mass is 32.2. The molecule has 0 bridgehead atoms. The van der Waals surface area contributed by atoms with Gasteiger partial charge in [-0.05, 0) is 24.0 Å². The molecular formula is C23H17F5N4O3S.